The van der Waals surface area contributed by atoms with E-state index in [9.17, 15) is 0 Å². The molecule has 0 aliphatic carbocycles. The zero-order chi connectivity index (χ0) is 16.4. The summed E-state index contributed by atoms with van der Waals surface area (Å²) in [5.41, 5.74) is 4.27. The molecular weight excluding hydrogens is 298 g/mol. The molecule has 3 heterocycles. The molecule has 1 unspecified atom stereocenters. The van der Waals surface area contributed by atoms with Crippen LogP contribution in [0.1, 0.15) is 42.4 Å². The molecule has 1 aliphatic heterocycles. The first kappa shape index (κ1) is 15.1. The number of benzene rings is 1. The Bertz CT molecular complexity index is 861. The number of rotatable bonds is 3. The Morgan fingerprint density at radius 3 is 2.92 bits per heavy atom. The van der Waals surface area contributed by atoms with Gasteiger partial charge in [0.05, 0.1) is 16.9 Å². The van der Waals surface area contributed by atoms with Crippen LogP contribution in [0.4, 0.5) is 0 Å². The second kappa shape index (κ2) is 6.57. The largest absolute Gasteiger partial charge is 0.356 e. The molecule has 4 heteroatoms. The van der Waals surface area contributed by atoms with Crippen LogP contribution in [0.2, 0.25) is 0 Å². The molecule has 0 radical (unpaired) electrons. The molecule has 1 saturated heterocycles. The maximum Gasteiger partial charge on any atom is 0.150 e. The summed E-state index contributed by atoms with van der Waals surface area (Å²) in [6.45, 7) is 2.93. The molecule has 2 aromatic heterocycles. The van der Waals surface area contributed by atoms with Crippen LogP contribution in [-0.2, 0) is 4.74 Å². The van der Waals surface area contributed by atoms with Crippen LogP contribution >= 0.6 is 0 Å². The lowest BCUT2D eigenvalue weighted by Crippen LogP contribution is -2.19. The molecule has 24 heavy (non-hydrogen) atoms. The number of ether oxygens (including phenoxy) is 1. The maximum absolute atomic E-state index is 5.95. The van der Waals surface area contributed by atoms with Gasteiger partial charge in [-0.15, -0.1) is 0 Å². The molecule has 1 atom stereocenters. The summed E-state index contributed by atoms with van der Waals surface area (Å²) in [7, 11) is 0. The van der Waals surface area contributed by atoms with Crippen molar-refractivity contribution in [2.45, 2.75) is 32.4 Å². The fourth-order valence-corrected chi connectivity index (χ4v) is 3.17. The van der Waals surface area contributed by atoms with Gasteiger partial charge in [-0.05, 0) is 62.1 Å². The van der Waals surface area contributed by atoms with Crippen molar-refractivity contribution in [1.82, 2.24) is 14.8 Å². The van der Waals surface area contributed by atoms with Crippen molar-refractivity contribution in [1.29, 1.82) is 0 Å². The zero-order valence-electron chi connectivity index (χ0n) is 13.9. The van der Waals surface area contributed by atoms with Crippen LogP contribution in [0.25, 0.3) is 23.1 Å². The molecule has 1 fully saturated rings. The van der Waals surface area contributed by atoms with Crippen molar-refractivity contribution >= 4 is 23.1 Å². The van der Waals surface area contributed by atoms with Crippen molar-refractivity contribution in [2.24, 2.45) is 0 Å². The fraction of sp³-hybridized carbons (Fsp3) is 0.300. The number of pyridine rings is 1. The lowest BCUT2D eigenvalue weighted by Gasteiger charge is -2.23. The van der Waals surface area contributed by atoms with E-state index < -0.39 is 0 Å². The van der Waals surface area contributed by atoms with Crippen LogP contribution in [0, 0.1) is 6.92 Å². The summed E-state index contributed by atoms with van der Waals surface area (Å²) >= 11 is 0. The second-order valence-corrected chi connectivity index (χ2v) is 6.26. The van der Waals surface area contributed by atoms with Gasteiger partial charge in [0, 0.05) is 18.2 Å². The Kier molecular flexibility index (Phi) is 4.13. The van der Waals surface area contributed by atoms with Crippen molar-refractivity contribution in [3.63, 3.8) is 0 Å². The molecule has 1 aliphatic rings. The quantitative estimate of drug-likeness (QED) is 0.708. The van der Waals surface area contributed by atoms with E-state index in [0.717, 1.165) is 41.7 Å². The third-order valence-electron chi connectivity index (χ3n) is 4.42. The summed E-state index contributed by atoms with van der Waals surface area (Å²) < 4.78 is 8.01. The lowest BCUT2D eigenvalue weighted by atomic mass is 10.1. The first-order valence-corrected chi connectivity index (χ1v) is 8.51. The first-order chi connectivity index (χ1) is 11.8. The molecule has 0 spiro atoms. The molecule has 0 bridgehead atoms. The van der Waals surface area contributed by atoms with Gasteiger partial charge in [-0.1, -0.05) is 18.2 Å². The molecule has 4 rings (SSSR count). The normalized spacial score (nSPS) is 18.5. The van der Waals surface area contributed by atoms with Crippen LogP contribution in [0.5, 0.6) is 0 Å². The smallest absolute Gasteiger partial charge is 0.150 e. The van der Waals surface area contributed by atoms with E-state index in [0.29, 0.717) is 0 Å². The van der Waals surface area contributed by atoms with E-state index in [1.165, 1.54) is 12.0 Å². The highest BCUT2D eigenvalue weighted by molar-refractivity contribution is 5.90. The third kappa shape index (κ3) is 2.97. The monoisotopic (exact) mass is 319 g/mol. The van der Waals surface area contributed by atoms with E-state index in [1.807, 2.05) is 30.4 Å². The number of hydrogen-bond acceptors (Lipinski definition) is 3. The van der Waals surface area contributed by atoms with Gasteiger partial charge in [-0.3, -0.25) is 4.98 Å². The Balaban J connectivity index is 1.76. The van der Waals surface area contributed by atoms with Gasteiger partial charge < -0.3 is 4.74 Å². The average Bonchev–Trinajstić information content (AvgIpc) is 2.99. The van der Waals surface area contributed by atoms with Crippen molar-refractivity contribution < 1.29 is 4.74 Å². The Morgan fingerprint density at radius 1 is 1.17 bits per heavy atom. The summed E-state index contributed by atoms with van der Waals surface area (Å²) in [6, 6.07) is 12.4. The summed E-state index contributed by atoms with van der Waals surface area (Å²) in [6.07, 6.45) is 9.24. The van der Waals surface area contributed by atoms with Gasteiger partial charge in [0.2, 0.25) is 0 Å². The van der Waals surface area contributed by atoms with Gasteiger partial charge in [0.1, 0.15) is 0 Å². The molecule has 122 valence electrons. The molecule has 0 saturated carbocycles. The SMILES string of the molecule is Cc1ccc2c(/C=C/c3ccccn3)nn(C3CCCCO3)c2c1. The Morgan fingerprint density at radius 2 is 2.12 bits per heavy atom. The van der Waals surface area contributed by atoms with Gasteiger partial charge in [0.25, 0.3) is 0 Å². The summed E-state index contributed by atoms with van der Waals surface area (Å²) in [4.78, 5) is 4.34. The van der Waals surface area contributed by atoms with E-state index in [4.69, 9.17) is 9.84 Å². The summed E-state index contributed by atoms with van der Waals surface area (Å²) in [5.74, 6) is 0. The lowest BCUT2D eigenvalue weighted by molar-refractivity contribution is -0.0367. The summed E-state index contributed by atoms with van der Waals surface area (Å²) in [5, 5.41) is 6.00. The highest BCUT2D eigenvalue weighted by Gasteiger charge is 2.20. The predicted octanol–water partition coefficient (Wildman–Crippen LogP) is 4.61. The molecule has 0 N–H and O–H groups in total. The van der Waals surface area contributed by atoms with Crippen molar-refractivity contribution in [3.05, 3.63) is 59.5 Å². The van der Waals surface area contributed by atoms with Crippen molar-refractivity contribution in [3.8, 4) is 0 Å². The van der Waals surface area contributed by atoms with Gasteiger partial charge in [0.15, 0.2) is 6.23 Å². The highest BCUT2D eigenvalue weighted by Crippen LogP contribution is 2.29. The topological polar surface area (TPSA) is 39.9 Å². The number of fused-ring (bicyclic) bond motifs is 1. The van der Waals surface area contributed by atoms with Gasteiger partial charge in [-0.2, -0.15) is 5.10 Å². The number of aryl methyl sites for hydroxylation is 1. The fourth-order valence-electron chi connectivity index (χ4n) is 3.17. The first-order valence-electron chi connectivity index (χ1n) is 8.51. The number of hydrogen-bond donors (Lipinski definition) is 0. The predicted molar refractivity (Wildman–Crippen MR) is 96.5 cm³/mol. The molecule has 0 amide bonds. The third-order valence-corrected chi connectivity index (χ3v) is 4.42. The van der Waals surface area contributed by atoms with E-state index in [2.05, 4.69) is 34.8 Å². The molecule has 1 aromatic carbocycles. The molecule has 3 aromatic rings. The standard InChI is InChI=1S/C20H21N3O/c1-15-8-10-17-18(11-9-16-6-2-4-12-21-16)22-23(19(17)14-15)20-7-3-5-13-24-20/h2,4,6,8-12,14,20H,3,5,7,13H2,1H3/b11-9+. The highest BCUT2D eigenvalue weighted by atomic mass is 16.5. The molecular formula is C20H21N3O. The average molecular weight is 319 g/mol. The van der Waals surface area contributed by atoms with Crippen molar-refractivity contribution in [2.75, 3.05) is 6.61 Å². The zero-order valence-corrected chi connectivity index (χ0v) is 13.9. The number of aromatic nitrogens is 3. The minimum Gasteiger partial charge on any atom is -0.356 e. The van der Waals surface area contributed by atoms with Gasteiger partial charge >= 0.3 is 0 Å². The van der Waals surface area contributed by atoms with E-state index in [1.54, 1.807) is 6.20 Å². The minimum atomic E-state index is 0.0417. The number of nitrogens with zero attached hydrogens (tertiary/aromatic N) is 3. The van der Waals surface area contributed by atoms with Gasteiger partial charge in [-0.25, -0.2) is 4.68 Å². The Hall–Kier alpha value is -2.46. The maximum atomic E-state index is 5.95. The van der Waals surface area contributed by atoms with E-state index in [-0.39, 0.29) is 6.23 Å². The minimum absolute atomic E-state index is 0.0417. The van der Waals surface area contributed by atoms with Crippen LogP contribution in [0.3, 0.4) is 0 Å². The van der Waals surface area contributed by atoms with E-state index >= 15 is 0 Å². The van der Waals surface area contributed by atoms with Crippen LogP contribution < -0.4 is 0 Å². The molecule has 4 nitrogen and oxygen atoms in total. The van der Waals surface area contributed by atoms with Crippen LogP contribution in [0.15, 0.2) is 42.6 Å². The second-order valence-electron chi connectivity index (χ2n) is 6.26. The Labute approximate surface area is 141 Å². The van der Waals surface area contributed by atoms with Crippen LogP contribution in [-0.4, -0.2) is 21.4 Å².